The molecule has 0 unspecified atom stereocenters. The van der Waals surface area contributed by atoms with Crippen molar-refractivity contribution in [1.29, 1.82) is 0 Å². The van der Waals surface area contributed by atoms with Gasteiger partial charge in [0.05, 0.1) is 12.2 Å². The molecule has 2 aromatic rings. The van der Waals surface area contributed by atoms with Crippen molar-refractivity contribution in [2.24, 2.45) is 5.92 Å². The van der Waals surface area contributed by atoms with Gasteiger partial charge >= 0.3 is 0 Å². The second kappa shape index (κ2) is 7.91. The predicted molar refractivity (Wildman–Crippen MR) is 91.8 cm³/mol. The Morgan fingerprint density at radius 1 is 1.04 bits per heavy atom. The highest BCUT2D eigenvalue weighted by Gasteiger charge is 2.27. The standard InChI is InChI=1S/C20H24N2O/c23-20(18-10-4-5-11-18)22(16-19-12-6-7-14-21-19)15-13-17-8-2-1-3-9-17/h1-3,6-9,12,14,18H,4-5,10-11,13,15-16H2. The number of benzene rings is 1. The summed E-state index contributed by atoms with van der Waals surface area (Å²) >= 11 is 0. The van der Waals surface area contributed by atoms with Gasteiger partial charge in [0.25, 0.3) is 0 Å². The van der Waals surface area contributed by atoms with Crippen molar-refractivity contribution in [3.63, 3.8) is 0 Å². The third-order valence-corrected chi connectivity index (χ3v) is 4.61. The quantitative estimate of drug-likeness (QED) is 0.812. The zero-order chi connectivity index (χ0) is 15.9. The number of carbonyl (C=O) groups excluding carboxylic acids is 1. The Morgan fingerprint density at radius 2 is 1.78 bits per heavy atom. The molecule has 3 heteroatoms. The van der Waals surface area contributed by atoms with E-state index in [1.165, 1.54) is 18.4 Å². The van der Waals surface area contributed by atoms with E-state index in [1.54, 1.807) is 6.20 Å². The normalized spacial score (nSPS) is 14.8. The van der Waals surface area contributed by atoms with Crippen LogP contribution in [0, 0.1) is 5.92 Å². The maximum atomic E-state index is 12.9. The molecule has 1 fully saturated rings. The highest BCUT2D eigenvalue weighted by molar-refractivity contribution is 5.79. The monoisotopic (exact) mass is 308 g/mol. The van der Waals surface area contributed by atoms with Crippen molar-refractivity contribution in [3.05, 3.63) is 66.0 Å². The number of carbonyl (C=O) groups is 1. The molecule has 3 rings (SSSR count). The van der Waals surface area contributed by atoms with E-state index < -0.39 is 0 Å². The van der Waals surface area contributed by atoms with Crippen LogP contribution in [0.3, 0.4) is 0 Å². The fourth-order valence-corrected chi connectivity index (χ4v) is 3.29. The fourth-order valence-electron chi connectivity index (χ4n) is 3.29. The van der Waals surface area contributed by atoms with Gasteiger partial charge in [0.1, 0.15) is 0 Å². The molecule has 1 heterocycles. The average Bonchev–Trinajstić information content (AvgIpc) is 3.14. The molecule has 0 bridgehead atoms. The van der Waals surface area contributed by atoms with Crippen LogP contribution in [-0.4, -0.2) is 22.3 Å². The van der Waals surface area contributed by atoms with Crippen molar-refractivity contribution in [3.8, 4) is 0 Å². The minimum absolute atomic E-state index is 0.217. The van der Waals surface area contributed by atoms with E-state index in [0.29, 0.717) is 12.5 Å². The SMILES string of the molecule is O=C(C1CCCC1)N(CCc1ccccc1)Cc1ccccn1. The van der Waals surface area contributed by atoms with E-state index in [0.717, 1.165) is 31.5 Å². The first-order valence-electron chi connectivity index (χ1n) is 8.55. The number of nitrogens with zero attached hydrogens (tertiary/aromatic N) is 2. The molecule has 1 aromatic heterocycles. The number of hydrogen-bond donors (Lipinski definition) is 0. The second-order valence-corrected chi connectivity index (χ2v) is 6.30. The molecule has 3 nitrogen and oxygen atoms in total. The van der Waals surface area contributed by atoms with Crippen molar-refractivity contribution < 1.29 is 4.79 Å². The zero-order valence-electron chi connectivity index (χ0n) is 13.5. The Labute approximate surface area is 138 Å². The van der Waals surface area contributed by atoms with Crippen LogP contribution in [0.4, 0.5) is 0 Å². The maximum Gasteiger partial charge on any atom is 0.226 e. The Bertz CT molecular complexity index is 606. The van der Waals surface area contributed by atoms with Crippen LogP contribution < -0.4 is 0 Å². The molecule has 1 aromatic carbocycles. The van der Waals surface area contributed by atoms with Crippen molar-refractivity contribution in [1.82, 2.24) is 9.88 Å². The minimum Gasteiger partial charge on any atom is -0.336 e. The van der Waals surface area contributed by atoms with Gasteiger partial charge in [-0.05, 0) is 37.0 Å². The third-order valence-electron chi connectivity index (χ3n) is 4.61. The summed E-state index contributed by atoms with van der Waals surface area (Å²) in [6.45, 7) is 1.37. The summed E-state index contributed by atoms with van der Waals surface area (Å²) in [4.78, 5) is 19.3. The van der Waals surface area contributed by atoms with Gasteiger partial charge in [-0.2, -0.15) is 0 Å². The number of hydrogen-bond acceptors (Lipinski definition) is 2. The summed E-state index contributed by atoms with van der Waals surface area (Å²) in [5.74, 6) is 0.526. The van der Waals surface area contributed by atoms with Crippen molar-refractivity contribution in [2.75, 3.05) is 6.54 Å². The lowest BCUT2D eigenvalue weighted by atomic mass is 10.1. The van der Waals surface area contributed by atoms with Crippen molar-refractivity contribution >= 4 is 5.91 Å². The first kappa shape index (κ1) is 15.7. The van der Waals surface area contributed by atoms with Gasteiger partial charge in [-0.1, -0.05) is 49.2 Å². The smallest absolute Gasteiger partial charge is 0.226 e. The van der Waals surface area contributed by atoms with E-state index in [9.17, 15) is 4.79 Å². The molecular weight excluding hydrogens is 284 g/mol. The highest BCUT2D eigenvalue weighted by Crippen LogP contribution is 2.27. The summed E-state index contributed by atoms with van der Waals surface area (Å²) in [5.41, 5.74) is 2.24. The molecule has 0 saturated heterocycles. The summed E-state index contributed by atoms with van der Waals surface area (Å²) in [6, 6.07) is 16.3. The van der Waals surface area contributed by atoms with E-state index in [1.807, 2.05) is 29.2 Å². The first-order chi connectivity index (χ1) is 11.3. The number of pyridine rings is 1. The lowest BCUT2D eigenvalue weighted by Gasteiger charge is -2.25. The molecule has 1 saturated carbocycles. The number of amides is 1. The van der Waals surface area contributed by atoms with Crippen LogP contribution in [-0.2, 0) is 17.8 Å². The van der Waals surface area contributed by atoms with Crippen LogP contribution in [0.25, 0.3) is 0 Å². The Morgan fingerprint density at radius 3 is 2.48 bits per heavy atom. The fraction of sp³-hybridized carbons (Fsp3) is 0.400. The van der Waals surface area contributed by atoms with E-state index in [4.69, 9.17) is 0 Å². The lowest BCUT2D eigenvalue weighted by molar-refractivity contribution is -0.136. The van der Waals surface area contributed by atoms with Gasteiger partial charge in [0.2, 0.25) is 5.91 Å². The average molecular weight is 308 g/mol. The Hall–Kier alpha value is -2.16. The minimum atomic E-state index is 0.217. The molecular formula is C20H24N2O. The molecule has 0 radical (unpaired) electrons. The van der Waals surface area contributed by atoms with Gasteiger partial charge < -0.3 is 4.90 Å². The van der Waals surface area contributed by atoms with Gasteiger partial charge in [0.15, 0.2) is 0 Å². The Kier molecular flexibility index (Phi) is 5.41. The lowest BCUT2D eigenvalue weighted by Crippen LogP contribution is -2.36. The molecule has 120 valence electrons. The molecule has 0 atom stereocenters. The second-order valence-electron chi connectivity index (χ2n) is 6.30. The highest BCUT2D eigenvalue weighted by atomic mass is 16.2. The molecule has 0 N–H and O–H groups in total. The molecule has 0 spiro atoms. The largest absolute Gasteiger partial charge is 0.336 e. The van der Waals surface area contributed by atoms with Crippen LogP contribution in [0.15, 0.2) is 54.7 Å². The zero-order valence-corrected chi connectivity index (χ0v) is 13.5. The van der Waals surface area contributed by atoms with Crippen LogP contribution >= 0.6 is 0 Å². The summed E-state index contributed by atoms with van der Waals surface area (Å²) < 4.78 is 0. The predicted octanol–water partition coefficient (Wildman–Crippen LogP) is 3.84. The summed E-state index contributed by atoms with van der Waals surface area (Å²) in [6.07, 6.45) is 7.15. The van der Waals surface area contributed by atoms with Gasteiger partial charge in [-0.15, -0.1) is 0 Å². The Balaban J connectivity index is 1.68. The van der Waals surface area contributed by atoms with Crippen LogP contribution in [0.1, 0.15) is 36.9 Å². The third kappa shape index (κ3) is 4.41. The summed E-state index contributed by atoms with van der Waals surface area (Å²) in [5, 5.41) is 0. The van der Waals surface area contributed by atoms with E-state index >= 15 is 0 Å². The molecule has 1 aliphatic carbocycles. The molecule has 1 amide bonds. The van der Waals surface area contributed by atoms with Gasteiger partial charge in [-0.3, -0.25) is 9.78 Å². The van der Waals surface area contributed by atoms with E-state index in [-0.39, 0.29) is 5.92 Å². The number of rotatable bonds is 6. The first-order valence-corrected chi connectivity index (χ1v) is 8.55. The van der Waals surface area contributed by atoms with Gasteiger partial charge in [-0.25, -0.2) is 0 Å². The molecule has 0 aliphatic heterocycles. The van der Waals surface area contributed by atoms with Crippen LogP contribution in [0.5, 0.6) is 0 Å². The summed E-state index contributed by atoms with van der Waals surface area (Å²) in [7, 11) is 0. The van der Waals surface area contributed by atoms with E-state index in [2.05, 4.69) is 29.2 Å². The van der Waals surface area contributed by atoms with Gasteiger partial charge in [0, 0.05) is 18.7 Å². The maximum absolute atomic E-state index is 12.9. The number of aromatic nitrogens is 1. The molecule has 23 heavy (non-hydrogen) atoms. The van der Waals surface area contributed by atoms with Crippen molar-refractivity contribution in [2.45, 2.75) is 38.6 Å². The molecule has 1 aliphatic rings. The van der Waals surface area contributed by atoms with Crippen LogP contribution in [0.2, 0.25) is 0 Å². The topological polar surface area (TPSA) is 33.2 Å².